The Hall–Kier alpha value is -1.13. The lowest BCUT2D eigenvalue weighted by molar-refractivity contribution is 0.0156. The lowest BCUT2D eigenvalue weighted by Crippen LogP contribution is -2.31. The Morgan fingerprint density at radius 2 is 2.14 bits per heavy atom. The van der Waals surface area contributed by atoms with Gasteiger partial charge in [0.05, 0.1) is 0 Å². The van der Waals surface area contributed by atoms with Gasteiger partial charge >= 0.3 is 0 Å². The maximum absolute atomic E-state index is 5.96. The van der Waals surface area contributed by atoms with E-state index >= 15 is 0 Å². The molecule has 1 fully saturated rings. The number of halogens is 1. The second-order valence-electron chi connectivity index (χ2n) is 6.28. The maximum atomic E-state index is 5.96. The van der Waals surface area contributed by atoms with Crippen molar-refractivity contribution in [3.05, 3.63) is 23.7 Å². The summed E-state index contributed by atoms with van der Waals surface area (Å²) in [5.41, 5.74) is 3.42. The summed E-state index contributed by atoms with van der Waals surface area (Å²) in [4.78, 5) is 9.35. The maximum Gasteiger partial charge on any atom is 0.160 e. The first-order chi connectivity index (χ1) is 10.1. The number of hydrogen-bond acceptors (Lipinski definition) is 3. The van der Waals surface area contributed by atoms with Gasteiger partial charge in [0.1, 0.15) is 11.3 Å². The Bertz CT molecular complexity index is 632. The van der Waals surface area contributed by atoms with Crippen LogP contribution in [0.15, 0.2) is 12.3 Å². The molecule has 3 heterocycles. The largest absolute Gasteiger partial charge is 0.381 e. The monoisotopic (exact) mass is 307 g/mol. The van der Waals surface area contributed by atoms with E-state index in [1.165, 1.54) is 5.56 Å². The summed E-state index contributed by atoms with van der Waals surface area (Å²) in [7, 11) is 0. The van der Waals surface area contributed by atoms with Crippen molar-refractivity contribution in [1.82, 2.24) is 14.5 Å². The smallest absolute Gasteiger partial charge is 0.160 e. The zero-order valence-corrected chi connectivity index (χ0v) is 13.5. The molecular formula is C16H22ClN3O. The first-order valence-electron chi connectivity index (χ1n) is 7.57. The van der Waals surface area contributed by atoms with Crippen molar-refractivity contribution in [2.24, 2.45) is 5.41 Å². The highest BCUT2D eigenvalue weighted by Crippen LogP contribution is 2.33. The predicted molar refractivity (Wildman–Crippen MR) is 84.8 cm³/mol. The van der Waals surface area contributed by atoms with Gasteiger partial charge < -0.3 is 9.30 Å². The third kappa shape index (κ3) is 2.92. The van der Waals surface area contributed by atoms with E-state index in [1.807, 2.05) is 12.3 Å². The van der Waals surface area contributed by atoms with Gasteiger partial charge in [-0.1, -0.05) is 6.92 Å². The van der Waals surface area contributed by atoms with Crippen LogP contribution < -0.4 is 0 Å². The van der Waals surface area contributed by atoms with Crippen molar-refractivity contribution in [2.75, 3.05) is 19.1 Å². The molecule has 0 aromatic carbocycles. The summed E-state index contributed by atoms with van der Waals surface area (Å²) in [6, 6.07) is 2.01. The number of pyridine rings is 1. The van der Waals surface area contributed by atoms with Crippen molar-refractivity contribution in [3.8, 4) is 0 Å². The lowest BCUT2D eigenvalue weighted by atomic mass is 9.82. The predicted octanol–water partition coefficient (Wildman–Crippen LogP) is 3.34. The Kier molecular flexibility index (Phi) is 4.18. The summed E-state index contributed by atoms with van der Waals surface area (Å²) in [5, 5.41) is 0. The van der Waals surface area contributed by atoms with Gasteiger partial charge in [0, 0.05) is 38.3 Å². The standard InChI is InChI=1S/C16H22ClN3O/c1-12-4-8-18-15-14(12)19-13(3-7-17)20(15)11-16(2)5-9-21-10-6-16/h4,8H,3,5-7,9-11H2,1-2H3. The van der Waals surface area contributed by atoms with Gasteiger partial charge in [-0.15, -0.1) is 11.6 Å². The Morgan fingerprint density at radius 3 is 2.86 bits per heavy atom. The van der Waals surface area contributed by atoms with E-state index in [-0.39, 0.29) is 5.41 Å². The van der Waals surface area contributed by atoms with Gasteiger partial charge in [0.2, 0.25) is 0 Å². The van der Waals surface area contributed by atoms with E-state index in [0.717, 1.165) is 56.0 Å². The number of imidazole rings is 1. The molecule has 2 aromatic rings. The number of aryl methyl sites for hydroxylation is 2. The number of ether oxygens (including phenoxy) is 1. The highest BCUT2D eigenvalue weighted by Gasteiger charge is 2.29. The Morgan fingerprint density at radius 1 is 1.38 bits per heavy atom. The normalized spacial score (nSPS) is 18.2. The second kappa shape index (κ2) is 5.93. The van der Waals surface area contributed by atoms with Gasteiger partial charge in [-0.3, -0.25) is 0 Å². The van der Waals surface area contributed by atoms with E-state index in [1.54, 1.807) is 0 Å². The molecule has 0 saturated carbocycles. The molecule has 5 heteroatoms. The van der Waals surface area contributed by atoms with E-state index in [2.05, 4.69) is 23.4 Å². The number of hydrogen-bond donors (Lipinski definition) is 0. The van der Waals surface area contributed by atoms with E-state index < -0.39 is 0 Å². The van der Waals surface area contributed by atoms with Crippen LogP contribution in [0.3, 0.4) is 0 Å². The van der Waals surface area contributed by atoms with Crippen LogP contribution in [0.2, 0.25) is 0 Å². The van der Waals surface area contributed by atoms with Crippen LogP contribution in [0, 0.1) is 12.3 Å². The van der Waals surface area contributed by atoms with Gasteiger partial charge in [-0.05, 0) is 36.8 Å². The number of aromatic nitrogens is 3. The molecule has 1 aliphatic heterocycles. The summed E-state index contributed by atoms with van der Waals surface area (Å²) in [6.07, 6.45) is 4.81. The molecule has 3 rings (SSSR count). The van der Waals surface area contributed by atoms with Crippen LogP contribution in [0.4, 0.5) is 0 Å². The van der Waals surface area contributed by atoms with Crippen LogP contribution in [0.5, 0.6) is 0 Å². The molecule has 1 aliphatic rings. The molecule has 0 aliphatic carbocycles. The molecule has 0 bridgehead atoms. The quantitative estimate of drug-likeness (QED) is 0.813. The van der Waals surface area contributed by atoms with Crippen molar-refractivity contribution >= 4 is 22.8 Å². The minimum absolute atomic E-state index is 0.248. The molecule has 0 unspecified atom stereocenters. The number of rotatable bonds is 4. The highest BCUT2D eigenvalue weighted by atomic mass is 35.5. The van der Waals surface area contributed by atoms with Gasteiger partial charge in [0.15, 0.2) is 5.65 Å². The van der Waals surface area contributed by atoms with Crippen LogP contribution in [-0.2, 0) is 17.7 Å². The fraction of sp³-hybridized carbons (Fsp3) is 0.625. The van der Waals surface area contributed by atoms with Gasteiger partial charge in [-0.2, -0.15) is 0 Å². The van der Waals surface area contributed by atoms with Crippen molar-refractivity contribution in [3.63, 3.8) is 0 Å². The average molecular weight is 308 g/mol. The molecule has 4 nitrogen and oxygen atoms in total. The molecule has 0 atom stereocenters. The third-order valence-electron chi connectivity index (χ3n) is 4.47. The number of alkyl halides is 1. The van der Waals surface area contributed by atoms with Gasteiger partial charge in [-0.25, -0.2) is 9.97 Å². The minimum Gasteiger partial charge on any atom is -0.381 e. The van der Waals surface area contributed by atoms with Crippen LogP contribution >= 0.6 is 11.6 Å². The number of nitrogens with zero attached hydrogens (tertiary/aromatic N) is 3. The second-order valence-corrected chi connectivity index (χ2v) is 6.65. The Labute approximate surface area is 130 Å². The lowest BCUT2D eigenvalue weighted by Gasteiger charge is -2.34. The van der Waals surface area contributed by atoms with Crippen LogP contribution in [0.1, 0.15) is 31.2 Å². The first-order valence-corrected chi connectivity index (χ1v) is 8.11. The molecular weight excluding hydrogens is 286 g/mol. The third-order valence-corrected chi connectivity index (χ3v) is 4.66. The molecule has 2 aromatic heterocycles. The topological polar surface area (TPSA) is 39.9 Å². The average Bonchev–Trinajstić information content (AvgIpc) is 2.80. The fourth-order valence-corrected chi connectivity index (χ4v) is 3.20. The van der Waals surface area contributed by atoms with E-state index in [9.17, 15) is 0 Å². The van der Waals surface area contributed by atoms with E-state index in [4.69, 9.17) is 21.3 Å². The molecule has 1 saturated heterocycles. The van der Waals surface area contributed by atoms with Crippen molar-refractivity contribution < 1.29 is 4.74 Å². The van der Waals surface area contributed by atoms with E-state index in [0.29, 0.717) is 5.88 Å². The molecule has 21 heavy (non-hydrogen) atoms. The molecule has 0 spiro atoms. The number of fused-ring (bicyclic) bond motifs is 1. The molecule has 114 valence electrons. The first kappa shape index (κ1) is 14.8. The van der Waals surface area contributed by atoms with Crippen molar-refractivity contribution in [1.29, 1.82) is 0 Å². The van der Waals surface area contributed by atoms with Crippen LogP contribution in [-0.4, -0.2) is 33.6 Å². The zero-order chi connectivity index (χ0) is 14.9. The summed E-state index contributed by atoms with van der Waals surface area (Å²) in [6.45, 7) is 7.06. The minimum atomic E-state index is 0.248. The highest BCUT2D eigenvalue weighted by molar-refractivity contribution is 6.17. The molecule has 0 N–H and O–H groups in total. The fourth-order valence-electron chi connectivity index (χ4n) is 3.03. The summed E-state index contributed by atoms with van der Waals surface area (Å²) < 4.78 is 7.78. The molecule has 0 radical (unpaired) electrons. The summed E-state index contributed by atoms with van der Waals surface area (Å²) in [5.74, 6) is 1.64. The SMILES string of the molecule is Cc1ccnc2c1nc(CCCl)n2CC1(C)CCOCC1. The Balaban J connectivity index is 2.02. The molecule has 0 amide bonds. The summed E-state index contributed by atoms with van der Waals surface area (Å²) >= 11 is 5.96. The van der Waals surface area contributed by atoms with Gasteiger partial charge in [0.25, 0.3) is 0 Å². The zero-order valence-electron chi connectivity index (χ0n) is 12.7. The van der Waals surface area contributed by atoms with Crippen LogP contribution in [0.25, 0.3) is 11.2 Å². The van der Waals surface area contributed by atoms with Crippen molar-refractivity contribution in [2.45, 2.75) is 39.7 Å².